The molecule has 0 saturated carbocycles. The molecule has 0 bridgehead atoms. The summed E-state index contributed by atoms with van der Waals surface area (Å²) in [5, 5.41) is 0. The molecular weight excluding hydrogens is 118 g/mol. The van der Waals surface area contributed by atoms with E-state index in [1.807, 2.05) is 0 Å². The summed E-state index contributed by atoms with van der Waals surface area (Å²) in [6.07, 6.45) is 8.35. The highest BCUT2D eigenvalue weighted by Gasteiger charge is 1.88. The normalized spacial score (nSPS) is 8.38. The van der Waals surface area contributed by atoms with Gasteiger partial charge in [-0.05, 0) is 0 Å². The molecule has 1 aromatic heterocycles. The Hall–Kier alpha value is -0.810. The van der Waals surface area contributed by atoms with Gasteiger partial charge in [0, 0.05) is 11.3 Å². The second-order valence-electron chi connectivity index (χ2n) is 1.22. The molecule has 38 valence electrons. The van der Waals surface area contributed by atoms with Crippen LogP contribution in [0.4, 0.5) is 0 Å². The van der Waals surface area contributed by atoms with Gasteiger partial charge in [-0.15, -0.1) is 23.7 Å². The monoisotopic (exact) mass is 121 g/mol. The minimum absolute atomic E-state index is 0.626. The van der Waals surface area contributed by atoms with Crippen molar-refractivity contribution in [2.24, 2.45) is 0 Å². The Bertz CT molecular complexity index is 183. The van der Waals surface area contributed by atoms with Crippen LogP contribution in [-0.2, 0) is 6.42 Å². The number of aromatic nitrogens is 1. The first kappa shape index (κ1) is 5.33. The van der Waals surface area contributed by atoms with Gasteiger partial charge in [0.25, 0.3) is 0 Å². The number of terminal acetylenes is 1. The summed E-state index contributed by atoms with van der Waals surface area (Å²) < 4.78 is 0. The second kappa shape index (κ2) is 2.49. The summed E-state index contributed by atoms with van der Waals surface area (Å²) in [5.41, 5.74) is 2.66. The molecule has 2 radical (unpaired) electrons. The summed E-state index contributed by atoms with van der Waals surface area (Å²) in [6, 6.07) is 0. The molecule has 0 aliphatic rings. The maximum atomic E-state index is 5.01. The van der Waals surface area contributed by atoms with E-state index >= 15 is 0 Å². The van der Waals surface area contributed by atoms with Crippen LogP contribution >= 0.6 is 11.3 Å². The molecule has 0 fully saturated rings. The fourth-order valence-corrected chi connectivity index (χ4v) is 0.802. The van der Waals surface area contributed by atoms with Crippen LogP contribution < -0.4 is 0 Å². The highest BCUT2D eigenvalue weighted by molar-refractivity contribution is 7.09. The average molecular weight is 121 g/mol. The highest BCUT2D eigenvalue weighted by Crippen LogP contribution is 2.02. The van der Waals surface area contributed by atoms with Crippen molar-refractivity contribution < 1.29 is 0 Å². The molecule has 0 N–H and O–H groups in total. The standard InChI is InChI=1S/C6H3NS/c1-2-3-6-4-7-5-8-6/h1H,3H2. The Kier molecular flexibility index (Phi) is 1.66. The van der Waals surface area contributed by atoms with Crippen molar-refractivity contribution >= 4 is 11.3 Å². The lowest BCUT2D eigenvalue weighted by Crippen LogP contribution is -1.69. The Morgan fingerprint density at radius 3 is 3.25 bits per heavy atom. The first-order chi connectivity index (χ1) is 3.93. The third-order valence-corrected chi connectivity index (χ3v) is 1.32. The maximum Gasteiger partial charge on any atom is 0.153 e. The molecule has 0 aromatic carbocycles. The molecule has 0 amide bonds. The summed E-state index contributed by atoms with van der Waals surface area (Å²) in [6.45, 7) is 0. The van der Waals surface area contributed by atoms with Crippen molar-refractivity contribution in [1.82, 2.24) is 4.98 Å². The SMILES string of the molecule is C#CCc1[c]n[c]s1. The van der Waals surface area contributed by atoms with E-state index < -0.39 is 0 Å². The Balaban J connectivity index is 2.67. The van der Waals surface area contributed by atoms with Crippen LogP contribution in [0.1, 0.15) is 4.88 Å². The zero-order valence-electron chi connectivity index (χ0n) is 4.14. The number of hydrogen-bond donors (Lipinski definition) is 0. The lowest BCUT2D eigenvalue weighted by atomic mass is 10.4. The fourth-order valence-electron chi connectivity index (χ4n) is 0.354. The minimum atomic E-state index is 0.626. The fraction of sp³-hybridized carbons (Fsp3) is 0.167. The molecule has 0 aliphatic heterocycles. The summed E-state index contributed by atoms with van der Waals surface area (Å²) >= 11 is 1.41. The van der Waals surface area contributed by atoms with Gasteiger partial charge in [0.05, 0.1) is 0 Å². The van der Waals surface area contributed by atoms with Crippen LogP contribution in [-0.4, -0.2) is 4.98 Å². The lowest BCUT2D eigenvalue weighted by Gasteiger charge is -1.75. The third kappa shape index (κ3) is 1.08. The van der Waals surface area contributed by atoms with E-state index in [1.54, 1.807) is 0 Å². The van der Waals surface area contributed by atoms with Crippen LogP contribution in [0.25, 0.3) is 0 Å². The average Bonchev–Trinajstić information content (AvgIpc) is 2.19. The van der Waals surface area contributed by atoms with Crippen LogP contribution in [0.2, 0.25) is 0 Å². The summed E-state index contributed by atoms with van der Waals surface area (Å²) in [7, 11) is 0. The predicted molar refractivity (Wildman–Crippen MR) is 32.3 cm³/mol. The molecule has 0 spiro atoms. The first-order valence-corrected chi connectivity index (χ1v) is 2.92. The molecule has 2 heteroatoms. The molecule has 1 aromatic rings. The minimum Gasteiger partial charge on any atom is -0.231 e. The topological polar surface area (TPSA) is 12.9 Å². The van der Waals surface area contributed by atoms with Crippen molar-refractivity contribution in [3.8, 4) is 12.3 Å². The van der Waals surface area contributed by atoms with Gasteiger partial charge >= 0.3 is 0 Å². The van der Waals surface area contributed by atoms with E-state index in [4.69, 9.17) is 6.42 Å². The Labute approximate surface area is 52.4 Å². The van der Waals surface area contributed by atoms with E-state index in [1.165, 1.54) is 11.3 Å². The molecule has 1 heterocycles. The van der Waals surface area contributed by atoms with Crippen LogP contribution in [0.3, 0.4) is 0 Å². The van der Waals surface area contributed by atoms with E-state index in [0.717, 1.165) is 4.88 Å². The van der Waals surface area contributed by atoms with Crippen LogP contribution in [0, 0.1) is 24.1 Å². The molecular formula is C6H3NS. The molecule has 8 heavy (non-hydrogen) atoms. The number of nitrogens with zero attached hydrogens (tertiary/aromatic N) is 1. The lowest BCUT2D eigenvalue weighted by molar-refractivity contribution is 1.30. The summed E-state index contributed by atoms with van der Waals surface area (Å²) in [4.78, 5) is 4.59. The van der Waals surface area contributed by atoms with Crippen molar-refractivity contribution in [3.05, 3.63) is 16.6 Å². The number of hydrogen-bond acceptors (Lipinski definition) is 2. The zero-order chi connectivity index (χ0) is 5.82. The van der Waals surface area contributed by atoms with Gasteiger partial charge in [-0.2, -0.15) is 0 Å². The molecule has 1 rings (SSSR count). The van der Waals surface area contributed by atoms with Crippen molar-refractivity contribution in [1.29, 1.82) is 0 Å². The van der Waals surface area contributed by atoms with Crippen LogP contribution in [0.15, 0.2) is 0 Å². The number of rotatable bonds is 1. The first-order valence-electron chi connectivity index (χ1n) is 2.10. The van der Waals surface area contributed by atoms with Gasteiger partial charge in [0.2, 0.25) is 0 Å². The second-order valence-corrected chi connectivity index (χ2v) is 2.10. The van der Waals surface area contributed by atoms with Crippen molar-refractivity contribution in [3.63, 3.8) is 0 Å². The quantitative estimate of drug-likeness (QED) is 0.503. The predicted octanol–water partition coefficient (Wildman–Crippen LogP) is 0.919. The zero-order valence-corrected chi connectivity index (χ0v) is 4.96. The van der Waals surface area contributed by atoms with Gasteiger partial charge < -0.3 is 0 Å². The van der Waals surface area contributed by atoms with E-state index in [2.05, 4.69) is 22.6 Å². The molecule has 1 nitrogen and oxygen atoms in total. The van der Waals surface area contributed by atoms with Crippen molar-refractivity contribution in [2.45, 2.75) is 6.42 Å². The van der Waals surface area contributed by atoms with Gasteiger partial charge in [0.1, 0.15) is 6.20 Å². The maximum absolute atomic E-state index is 5.01. The molecule has 0 atom stereocenters. The van der Waals surface area contributed by atoms with E-state index in [-0.39, 0.29) is 0 Å². The van der Waals surface area contributed by atoms with Crippen LogP contribution in [0.5, 0.6) is 0 Å². The molecule has 0 unspecified atom stereocenters. The largest absolute Gasteiger partial charge is 0.231 e. The third-order valence-electron chi connectivity index (χ3n) is 0.658. The Morgan fingerprint density at radius 1 is 1.88 bits per heavy atom. The molecule has 0 saturated heterocycles. The highest BCUT2D eigenvalue weighted by atomic mass is 32.1. The summed E-state index contributed by atoms with van der Waals surface area (Å²) in [5.74, 6) is 2.49. The smallest absolute Gasteiger partial charge is 0.153 e. The number of thiazole rings is 1. The van der Waals surface area contributed by atoms with Crippen molar-refractivity contribution in [2.75, 3.05) is 0 Å². The van der Waals surface area contributed by atoms with Gasteiger partial charge in [-0.1, -0.05) is 0 Å². The molecule has 0 aliphatic carbocycles. The Morgan fingerprint density at radius 2 is 2.75 bits per heavy atom. The van der Waals surface area contributed by atoms with Gasteiger partial charge in [-0.25, -0.2) is 4.98 Å². The van der Waals surface area contributed by atoms with Gasteiger partial charge in [0.15, 0.2) is 5.51 Å². The van der Waals surface area contributed by atoms with E-state index in [9.17, 15) is 0 Å². The van der Waals surface area contributed by atoms with E-state index in [0.29, 0.717) is 6.42 Å². The van der Waals surface area contributed by atoms with Gasteiger partial charge in [-0.3, -0.25) is 0 Å².